The molecule has 6 heteroatoms. The Morgan fingerprint density at radius 3 is 2.45 bits per heavy atom. The fraction of sp³-hybridized carbons (Fsp3) is 0.286. The number of aromatic hydroxyl groups is 1. The number of primary amides is 1. The van der Waals surface area contributed by atoms with E-state index in [4.69, 9.17) is 10.8 Å². The Hall–Kier alpha value is -2.37. The Labute approximate surface area is 115 Å². The van der Waals surface area contributed by atoms with E-state index in [0.29, 0.717) is 24.0 Å². The number of nitrogens with one attached hydrogen (secondary N) is 1. The van der Waals surface area contributed by atoms with Gasteiger partial charge in [-0.25, -0.2) is 4.39 Å². The maximum Gasteiger partial charge on any atom is 0.252 e. The highest BCUT2D eigenvalue weighted by Crippen LogP contribution is 2.26. The molecule has 0 radical (unpaired) electrons. The largest absolute Gasteiger partial charge is 0.508 e. The van der Waals surface area contributed by atoms with E-state index in [1.54, 1.807) is 0 Å². The van der Waals surface area contributed by atoms with Crippen LogP contribution in [0, 0.1) is 5.82 Å². The number of carbonyl (C=O) groups excluding carboxylic acids is 2. The number of halogens is 1. The van der Waals surface area contributed by atoms with Crippen LogP contribution >= 0.6 is 0 Å². The number of hydrogen-bond acceptors (Lipinski definition) is 3. The van der Waals surface area contributed by atoms with Gasteiger partial charge >= 0.3 is 0 Å². The molecule has 1 aliphatic rings. The first-order chi connectivity index (χ1) is 9.49. The van der Waals surface area contributed by atoms with Crippen molar-refractivity contribution in [2.45, 2.75) is 25.7 Å². The van der Waals surface area contributed by atoms with E-state index >= 15 is 0 Å². The summed E-state index contributed by atoms with van der Waals surface area (Å²) in [6.07, 6.45) is 2.51. The second kappa shape index (κ2) is 5.73. The minimum absolute atomic E-state index is 0.0466. The van der Waals surface area contributed by atoms with E-state index < -0.39 is 17.6 Å². The van der Waals surface area contributed by atoms with Gasteiger partial charge in [0.05, 0.1) is 5.69 Å². The molecule has 4 N–H and O–H groups in total. The minimum atomic E-state index is -0.740. The lowest BCUT2D eigenvalue weighted by Crippen LogP contribution is -2.25. The summed E-state index contributed by atoms with van der Waals surface area (Å²) in [6.45, 7) is 0. The molecular weight excluding hydrogens is 263 g/mol. The van der Waals surface area contributed by atoms with Crippen LogP contribution in [0.1, 0.15) is 25.7 Å². The van der Waals surface area contributed by atoms with Crippen LogP contribution in [0.25, 0.3) is 0 Å². The topological polar surface area (TPSA) is 92.4 Å². The van der Waals surface area contributed by atoms with E-state index in [2.05, 4.69) is 5.32 Å². The zero-order valence-corrected chi connectivity index (χ0v) is 10.8. The summed E-state index contributed by atoms with van der Waals surface area (Å²) in [5, 5.41) is 11.5. The molecule has 0 bridgehead atoms. The normalized spacial score (nSPS) is 15.1. The van der Waals surface area contributed by atoms with Crippen LogP contribution in [0.2, 0.25) is 0 Å². The van der Waals surface area contributed by atoms with Crippen LogP contribution in [0.15, 0.2) is 29.3 Å². The highest BCUT2D eigenvalue weighted by atomic mass is 19.1. The molecule has 0 aliphatic heterocycles. The van der Waals surface area contributed by atoms with Crippen molar-refractivity contribution >= 4 is 17.5 Å². The molecule has 106 valence electrons. The standard InChI is InChI=1S/C14H15FN2O3/c15-11-7-8(18)5-6-12(11)17-14(20)10-4-2-1-3-9(10)13(16)19/h5-7,18H,1-4H2,(H2,16,19)(H,17,20). The Bertz CT molecular complexity index is 596. The summed E-state index contributed by atoms with van der Waals surface area (Å²) in [5.41, 5.74) is 5.84. The number of carbonyl (C=O) groups is 2. The van der Waals surface area contributed by atoms with Crippen LogP contribution in [-0.4, -0.2) is 16.9 Å². The minimum Gasteiger partial charge on any atom is -0.508 e. The highest BCUT2D eigenvalue weighted by molar-refractivity contribution is 6.09. The predicted molar refractivity (Wildman–Crippen MR) is 71.4 cm³/mol. The molecule has 0 aromatic heterocycles. The predicted octanol–water partition coefficient (Wildman–Crippen LogP) is 1.83. The molecule has 20 heavy (non-hydrogen) atoms. The first kappa shape index (κ1) is 14.0. The van der Waals surface area contributed by atoms with E-state index in [1.165, 1.54) is 12.1 Å². The molecule has 1 aromatic rings. The van der Waals surface area contributed by atoms with Crippen LogP contribution < -0.4 is 11.1 Å². The summed E-state index contributed by atoms with van der Waals surface area (Å²) in [5.74, 6) is -2.10. The van der Waals surface area contributed by atoms with Crippen LogP contribution in [0.4, 0.5) is 10.1 Å². The number of benzene rings is 1. The Balaban J connectivity index is 2.24. The van der Waals surface area contributed by atoms with E-state index in [9.17, 15) is 14.0 Å². The fourth-order valence-electron chi connectivity index (χ4n) is 2.23. The van der Waals surface area contributed by atoms with Gasteiger partial charge in [-0.15, -0.1) is 0 Å². The molecule has 0 saturated heterocycles. The molecule has 2 amide bonds. The van der Waals surface area contributed by atoms with Crippen molar-refractivity contribution < 1.29 is 19.1 Å². The van der Waals surface area contributed by atoms with Gasteiger partial charge in [-0.2, -0.15) is 0 Å². The van der Waals surface area contributed by atoms with Gasteiger partial charge in [0.2, 0.25) is 5.91 Å². The van der Waals surface area contributed by atoms with Gasteiger partial charge in [0.15, 0.2) is 0 Å². The van der Waals surface area contributed by atoms with Gasteiger partial charge in [-0.3, -0.25) is 9.59 Å². The maximum absolute atomic E-state index is 13.6. The number of hydrogen-bond donors (Lipinski definition) is 3. The van der Waals surface area contributed by atoms with Crippen LogP contribution in [0.5, 0.6) is 5.75 Å². The Kier molecular flexibility index (Phi) is 4.02. The Morgan fingerprint density at radius 1 is 1.20 bits per heavy atom. The average Bonchev–Trinajstić information content (AvgIpc) is 2.41. The number of phenolic OH excluding ortho intramolecular Hbond substituents is 1. The van der Waals surface area contributed by atoms with Crippen molar-refractivity contribution in [2.75, 3.05) is 5.32 Å². The Morgan fingerprint density at radius 2 is 1.85 bits per heavy atom. The van der Waals surface area contributed by atoms with Crippen molar-refractivity contribution in [3.05, 3.63) is 35.2 Å². The van der Waals surface area contributed by atoms with Gasteiger partial charge in [-0.05, 0) is 37.8 Å². The lowest BCUT2D eigenvalue weighted by Gasteiger charge is -2.18. The van der Waals surface area contributed by atoms with Gasteiger partial charge in [0, 0.05) is 17.2 Å². The summed E-state index contributed by atoms with van der Waals surface area (Å²) in [4.78, 5) is 23.4. The first-order valence-corrected chi connectivity index (χ1v) is 6.30. The molecule has 2 rings (SSSR count). The van der Waals surface area contributed by atoms with Crippen molar-refractivity contribution in [3.63, 3.8) is 0 Å². The maximum atomic E-state index is 13.6. The molecule has 1 aliphatic carbocycles. The number of amides is 2. The summed E-state index contributed by atoms with van der Waals surface area (Å²) in [7, 11) is 0. The van der Waals surface area contributed by atoms with Crippen LogP contribution in [-0.2, 0) is 9.59 Å². The van der Waals surface area contributed by atoms with Gasteiger partial charge in [0.1, 0.15) is 11.6 Å². The molecule has 0 spiro atoms. The summed E-state index contributed by atoms with van der Waals surface area (Å²) in [6, 6.07) is 3.43. The number of anilines is 1. The second-order valence-corrected chi connectivity index (χ2v) is 4.65. The molecule has 0 saturated carbocycles. The molecule has 0 fully saturated rings. The van der Waals surface area contributed by atoms with Crippen molar-refractivity contribution in [1.82, 2.24) is 0 Å². The average molecular weight is 278 g/mol. The quantitative estimate of drug-likeness (QED) is 0.736. The SMILES string of the molecule is NC(=O)C1=C(C(=O)Nc2ccc(O)cc2F)CCCC1. The van der Waals surface area contributed by atoms with Gasteiger partial charge in [-0.1, -0.05) is 0 Å². The number of nitrogens with two attached hydrogens (primary N) is 1. The number of phenols is 1. The molecular formula is C14H15FN2O3. The zero-order valence-electron chi connectivity index (χ0n) is 10.8. The lowest BCUT2D eigenvalue weighted by molar-refractivity contribution is -0.116. The first-order valence-electron chi connectivity index (χ1n) is 6.30. The van der Waals surface area contributed by atoms with Crippen LogP contribution in [0.3, 0.4) is 0 Å². The third kappa shape index (κ3) is 2.96. The fourth-order valence-corrected chi connectivity index (χ4v) is 2.23. The van der Waals surface area contributed by atoms with Crippen molar-refractivity contribution in [1.29, 1.82) is 0 Å². The third-order valence-corrected chi connectivity index (χ3v) is 3.24. The monoisotopic (exact) mass is 278 g/mol. The molecule has 1 aromatic carbocycles. The van der Waals surface area contributed by atoms with E-state index in [1.807, 2.05) is 0 Å². The lowest BCUT2D eigenvalue weighted by atomic mass is 9.90. The third-order valence-electron chi connectivity index (χ3n) is 3.24. The van der Waals surface area contributed by atoms with Crippen molar-refractivity contribution in [2.24, 2.45) is 5.73 Å². The van der Waals surface area contributed by atoms with Gasteiger partial charge in [0.25, 0.3) is 5.91 Å². The molecule has 0 heterocycles. The summed E-state index contributed by atoms with van der Waals surface area (Å²) < 4.78 is 13.6. The summed E-state index contributed by atoms with van der Waals surface area (Å²) >= 11 is 0. The molecule has 0 unspecified atom stereocenters. The van der Waals surface area contributed by atoms with E-state index in [0.717, 1.165) is 18.9 Å². The van der Waals surface area contributed by atoms with Crippen molar-refractivity contribution in [3.8, 4) is 5.75 Å². The second-order valence-electron chi connectivity index (χ2n) is 4.65. The smallest absolute Gasteiger partial charge is 0.252 e. The van der Waals surface area contributed by atoms with Gasteiger partial charge < -0.3 is 16.2 Å². The highest BCUT2D eigenvalue weighted by Gasteiger charge is 2.23. The molecule has 0 atom stereocenters. The zero-order chi connectivity index (χ0) is 14.7. The molecule has 5 nitrogen and oxygen atoms in total. The number of rotatable bonds is 3. The van der Waals surface area contributed by atoms with E-state index in [-0.39, 0.29) is 11.4 Å².